The van der Waals surface area contributed by atoms with Gasteiger partial charge in [0.25, 0.3) is 5.91 Å². The first-order valence-corrected chi connectivity index (χ1v) is 11.4. The minimum Gasteiger partial charge on any atom is -0.452 e. The molecule has 2 aliphatic rings. The predicted octanol–water partition coefficient (Wildman–Crippen LogP) is 2.08. The van der Waals surface area contributed by atoms with Crippen molar-refractivity contribution >= 4 is 27.6 Å². The summed E-state index contributed by atoms with van der Waals surface area (Å²) >= 11 is 0. The summed E-state index contributed by atoms with van der Waals surface area (Å²) in [6.07, 6.45) is 2.65. The third-order valence-electron chi connectivity index (χ3n) is 5.39. The van der Waals surface area contributed by atoms with Crippen molar-refractivity contribution in [2.24, 2.45) is 5.92 Å². The second kappa shape index (κ2) is 9.23. The molecule has 1 aromatic rings. The van der Waals surface area contributed by atoms with Crippen LogP contribution in [0.3, 0.4) is 0 Å². The Bertz CT molecular complexity index is 858. The molecule has 3 rings (SSSR count). The van der Waals surface area contributed by atoms with Gasteiger partial charge in [0.1, 0.15) is 0 Å². The summed E-state index contributed by atoms with van der Waals surface area (Å²) in [6.45, 7) is 4.54. The molecule has 160 valence electrons. The van der Waals surface area contributed by atoms with E-state index in [-0.39, 0.29) is 16.8 Å². The number of rotatable bonds is 6. The summed E-state index contributed by atoms with van der Waals surface area (Å²) in [5, 5.41) is 2.66. The van der Waals surface area contributed by atoms with Crippen LogP contribution in [0.1, 0.15) is 38.2 Å². The van der Waals surface area contributed by atoms with Crippen LogP contribution >= 0.6 is 0 Å². The second-order valence-electron chi connectivity index (χ2n) is 7.55. The van der Waals surface area contributed by atoms with E-state index in [9.17, 15) is 18.0 Å². The first kappa shape index (κ1) is 21.7. The Hall–Kier alpha value is -1.97. The summed E-state index contributed by atoms with van der Waals surface area (Å²) in [4.78, 5) is 24.7. The fourth-order valence-electron chi connectivity index (χ4n) is 3.61. The highest BCUT2D eigenvalue weighted by Crippen LogP contribution is 2.27. The van der Waals surface area contributed by atoms with Crippen molar-refractivity contribution in [1.82, 2.24) is 4.31 Å². The summed E-state index contributed by atoms with van der Waals surface area (Å²) in [5.74, 6) is -0.963. The molecular formula is C20H28N2O6S. The Labute approximate surface area is 171 Å². The molecule has 29 heavy (non-hydrogen) atoms. The summed E-state index contributed by atoms with van der Waals surface area (Å²) in [6, 6.07) is 4.73. The molecule has 0 unspecified atom stereocenters. The van der Waals surface area contributed by atoms with Crippen molar-refractivity contribution in [3.8, 4) is 0 Å². The first-order valence-electron chi connectivity index (χ1n) is 9.99. The highest BCUT2D eigenvalue weighted by Gasteiger charge is 2.29. The molecular weight excluding hydrogens is 396 g/mol. The van der Waals surface area contributed by atoms with E-state index in [1.807, 2.05) is 0 Å². The molecule has 0 bridgehead atoms. The zero-order chi connectivity index (χ0) is 21.0. The van der Waals surface area contributed by atoms with Crippen LogP contribution in [-0.2, 0) is 29.1 Å². The average Bonchev–Trinajstić information content (AvgIpc) is 3.25. The largest absolute Gasteiger partial charge is 0.452 e. The fraction of sp³-hybridized carbons (Fsp3) is 0.600. The van der Waals surface area contributed by atoms with Crippen molar-refractivity contribution in [2.45, 2.75) is 50.5 Å². The number of nitrogens with zero attached hydrogens (tertiary/aromatic N) is 1. The third kappa shape index (κ3) is 5.15. The predicted molar refractivity (Wildman–Crippen MR) is 107 cm³/mol. The zero-order valence-corrected chi connectivity index (χ0v) is 17.7. The Morgan fingerprint density at radius 1 is 1.21 bits per heavy atom. The van der Waals surface area contributed by atoms with Crippen LogP contribution in [0.25, 0.3) is 0 Å². The number of nitrogens with one attached hydrogen (secondary N) is 1. The van der Waals surface area contributed by atoms with E-state index in [2.05, 4.69) is 5.32 Å². The molecule has 1 heterocycles. The lowest BCUT2D eigenvalue weighted by molar-refractivity contribution is -0.157. The maximum Gasteiger partial charge on any atom is 0.309 e. The van der Waals surface area contributed by atoms with E-state index in [0.29, 0.717) is 37.6 Å². The maximum absolute atomic E-state index is 13.0. The molecule has 2 fully saturated rings. The van der Waals surface area contributed by atoms with E-state index in [0.717, 1.165) is 25.7 Å². The number of benzene rings is 1. The molecule has 0 aromatic heterocycles. The van der Waals surface area contributed by atoms with Crippen LogP contribution in [0.2, 0.25) is 0 Å². The highest BCUT2D eigenvalue weighted by molar-refractivity contribution is 7.89. The fourth-order valence-corrected chi connectivity index (χ4v) is 5.27. The standard InChI is InChI=1S/C20H28N2O6S/c1-14-7-8-17(13-18(14)29(25,26)22-9-11-27-12-10-22)21-19(23)15(2)28-20(24)16-5-3-4-6-16/h7-8,13,15-16H,3-6,9-12H2,1-2H3,(H,21,23)/t15-/m0/s1. The van der Waals surface area contributed by atoms with Gasteiger partial charge in [-0.05, 0) is 44.4 Å². The molecule has 1 aliphatic carbocycles. The van der Waals surface area contributed by atoms with Crippen LogP contribution < -0.4 is 5.32 Å². The smallest absolute Gasteiger partial charge is 0.309 e. The Balaban J connectivity index is 1.68. The normalized spacial score (nSPS) is 19.7. The van der Waals surface area contributed by atoms with Gasteiger partial charge in [-0.1, -0.05) is 18.9 Å². The van der Waals surface area contributed by atoms with Gasteiger partial charge < -0.3 is 14.8 Å². The van der Waals surface area contributed by atoms with Gasteiger partial charge in [0.05, 0.1) is 24.0 Å². The molecule has 0 radical (unpaired) electrons. The van der Waals surface area contributed by atoms with Crippen LogP contribution in [0.5, 0.6) is 0 Å². The number of sulfonamides is 1. The van der Waals surface area contributed by atoms with E-state index in [1.54, 1.807) is 19.1 Å². The lowest BCUT2D eigenvalue weighted by Gasteiger charge is -2.27. The number of carbonyl (C=O) groups excluding carboxylic acids is 2. The highest BCUT2D eigenvalue weighted by atomic mass is 32.2. The van der Waals surface area contributed by atoms with E-state index in [1.165, 1.54) is 17.3 Å². The van der Waals surface area contributed by atoms with Gasteiger partial charge in [-0.2, -0.15) is 4.31 Å². The van der Waals surface area contributed by atoms with Gasteiger partial charge in [-0.3, -0.25) is 9.59 Å². The monoisotopic (exact) mass is 424 g/mol. The Morgan fingerprint density at radius 3 is 2.52 bits per heavy atom. The molecule has 1 amide bonds. The minimum atomic E-state index is -3.68. The first-order chi connectivity index (χ1) is 13.8. The van der Waals surface area contributed by atoms with Gasteiger partial charge in [0, 0.05) is 18.8 Å². The number of amides is 1. The van der Waals surface area contributed by atoms with Crippen LogP contribution in [0, 0.1) is 12.8 Å². The Kier molecular flexibility index (Phi) is 6.92. The molecule has 1 atom stereocenters. The van der Waals surface area contributed by atoms with Gasteiger partial charge in [-0.15, -0.1) is 0 Å². The number of ether oxygens (including phenoxy) is 2. The van der Waals surface area contributed by atoms with Crippen LogP contribution in [-0.4, -0.2) is 57.0 Å². The number of aryl methyl sites for hydroxylation is 1. The third-order valence-corrected chi connectivity index (χ3v) is 7.43. The molecule has 1 aliphatic heterocycles. The van der Waals surface area contributed by atoms with E-state index < -0.39 is 22.0 Å². The topological polar surface area (TPSA) is 102 Å². The molecule has 0 spiro atoms. The van der Waals surface area contributed by atoms with Crippen molar-refractivity contribution in [3.05, 3.63) is 23.8 Å². The Morgan fingerprint density at radius 2 is 1.86 bits per heavy atom. The second-order valence-corrected chi connectivity index (χ2v) is 9.45. The number of carbonyl (C=O) groups is 2. The van der Waals surface area contributed by atoms with Crippen LogP contribution in [0.4, 0.5) is 5.69 Å². The summed E-state index contributed by atoms with van der Waals surface area (Å²) < 4.78 is 37.8. The van der Waals surface area contributed by atoms with E-state index >= 15 is 0 Å². The van der Waals surface area contributed by atoms with Crippen molar-refractivity contribution in [3.63, 3.8) is 0 Å². The number of morpholine rings is 1. The molecule has 1 N–H and O–H groups in total. The zero-order valence-electron chi connectivity index (χ0n) is 16.8. The summed E-state index contributed by atoms with van der Waals surface area (Å²) in [5.41, 5.74) is 0.936. The molecule has 8 nitrogen and oxygen atoms in total. The molecule has 9 heteroatoms. The van der Waals surface area contributed by atoms with E-state index in [4.69, 9.17) is 9.47 Å². The van der Waals surface area contributed by atoms with Crippen molar-refractivity contribution < 1.29 is 27.5 Å². The maximum atomic E-state index is 13.0. The number of hydrogen-bond acceptors (Lipinski definition) is 6. The molecule has 1 aromatic carbocycles. The number of esters is 1. The lowest BCUT2D eigenvalue weighted by atomic mass is 10.1. The van der Waals surface area contributed by atoms with Crippen molar-refractivity contribution in [1.29, 1.82) is 0 Å². The van der Waals surface area contributed by atoms with Gasteiger partial charge in [0.2, 0.25) is 10.0 Å². The minimum absolute atomic E-state index is 0.130. The quantitative estimate of drug-likeness (QED) is 0.702. The SMILES string of the molecule is Cc1ccc(NC(=O)[C@H](C)OC(=O)C2CCCC2)cc1S(=O)(=O)N1CCOCC1. The van der Waals surface area contributed by atoms with Gasteiger partial charge in [0.15, 0.2) is 6.10 Å². The van der Waals surface area contributed by atoms with Gasteiger partial charge in [-0.25, -0.2) is 8.42 Å². The summed E-state index contributed by atoms with van der Waals surface area (Å²) in [7, 11) is -3.68. The van der Waals surface area contributed by atoms with Crippen molar-refractivity contribution in [2.75, 3.05) is 31.6 Å². The van der Waals surface area contributed by atoms with Gasteiger partial charge >= 0.3 is 5.97 Å². The van der Waals surface area contributed by atoms with Crippen LogP contribution in [0.15, 0.2) is 23.1 Å². The average molecular weight is 425 g/mol. The number of anilines is 1. The molecule has 1 saturated heterocycles. The number of hydrogen-bond donors (Lipinski definition) is 1. The molecule has 1 saturated carbocycles. The lowest BCUT2D eigenvalue weighted by Crippen LogP contribution is -2.40.